The number of carbonyl (C=O) groups is 3. The van der Waals surface area contributed by atoms with Gasteiger partial charge in [0.05, 0.1) is 6.10 Å². The molecule has 0 bridgehead atoms. The number of aliphatic hydroxyl groups excluding tert-OH is 1. The van der Waals surface area contributed by atoms with Crippen molar-refractivity contribution >= 4 is 17.5 Å². The number of allylic oxidation sites excluding steroid dienone is 4. The number of carbonyl (C=O) groups excluding carboxylic acids is 3. The molecule has 5 nitrogen and oxygen atoms in total. The van der Waals surface area contributed by atoms with Crippen molar-refractivity contribution in [3.8, 4) is 0 Å². The second-order valence-electron chi connectivity index (χ2n) is 10.5. The summed E-state index contributed by atoms with van der Waals surface area (Å²) in [5.41, 5.74) is -0.990. The summed E-state index contributed by atoms with van der Waals surface area (Å²) in [5.74, 6) is 0.162. The van der Waals surface area contributed by atoms with E-state index in [1.165, 1.54) is 6.92 Å². The van der Waals surface area contributed by atoms with Crippen LogP contribution >= 0.6 is 0 Å². The first kappa shape index (κ1) is 21.5. The fourth-order valence-corrected chi connectivity index (χ4v) is 7.82. The van der Waals surface area contributed by atoms with Gasteiger partial charge in [0.1, 0.15) is 0 Å². The summed E-state index contributed by atoms with van der Waals surface area (Å²) in [4.78, 5) is 37.3. The van der Waals surface area contributed by atoms with E-state index in [0.29, 0.717) is 12.8 Å². The summed E-state index contributed by atoms with van der Waals surface area (Å²) < 4.78 is 5.91. The molecule has 0 spiro atoms. The molecular formula is C25H34O5. The van der Waals surface area contributed by atoms with Gasteiger partial charge in [-0.05, 0) is 62.5 Å². The number of aliphatic hydroxyl groups is 1. The first-order valence-corrected chi connectivity index (χ1v) is 11.4. The van der Waals surface area contributed by atoms with E-state index in [-0.39, 0.29) is 53.0 Å². The van der Waals surface area contributed by atoms with Crippen molar-refractivity contribution < 1.29 is 24.2 Å². The predicted octanol–water partition coefficient (Wildman–Crippen LogP) is 3.79. The molecule has 4 aliphatic rings. The van der Waals surface area contributed by atoms with Crippen LogP contribution in [0.4, 0.5) is 0 Å². The number of rotatable bonds is 3. The molecule has 0 aromatic carbocycles. The fourth-order valence-electron chi connectivity index (χ4n) is 7.82. The SMILES string of the molecule is CCC(=O)O[C@]1(C(C)=O)CC[C@H]2[C@@H]3C[C@H](C)C4=CC(=O)C=C[C@]4(C)[C@H]3[C@@H](O)C[C@@]21C. The van der Waals surface area contributed by atoms with Crippen LogP contribution < -0.4 is 0 Å². The highest BCUT2D eigenvalue weighted by Gasteiger charge is 2.70. The molecule has 0 radical (unpaired) electrons. The van der Waals surface area contributed by atoms with Crippen LogP contribution in [0.3, 0.4) is 0 Å². The molecule has 5 heteroatoms. The van der Waals surface area contributed by atoms with Crippen LogP contribution in [0.1, 0.15) is 66.7 Å². The minimum absolute atomic E-state index is 0.00740. The van der Waals surface area contributed by atoms with Gasteiger partial charge in [0, 0.05) is 23.2 Å². The van der Waals surface area contributed by atoms with E-state index in [2.05, 4.69) is 13.8 Å². The van der Waals surface area contributed by atoms with Crippen LogP contribution in [0, 0.1) is 34.5 Å². The summed E-state index contributed by atoms with van der Waals surface area (Å²) in [6.07, 6.45) is 7.62. The maximum Gasteiger partial charge on any atom is 0.306 e. The Morgan fingerprint density at radius 3 is 2.63 bits per heavy atom. The van der Waals surface area contributed by atoms with Gasteiger partial charge < -0.3 is 9.84 Å². The Bertz CT molecular complexity index is 856. The molecule has 4 aliphatic carbocycles. The molecule has 0 unspecified atom stereocenters. The zero-order valence-electron chi connectivity index (χ0n) is 18.7. The molecule has 1 N–H and O–H groups in total. The van der Waals surface area contributed by atoms with Crippen molar-refractivity contribution in [1.29, 1.82) is 0 Å². The zero-order valence-corrected chi connectivity index (χ0v) is 18.7. The number of hydrogen-bond acceptors (Lipinski definition) is 5. The lowest BCUT2D eigenvalue weighted by Crippen LogP contribution is -2.62. The van der Waals surface area contributed by atoms with Gasteiger partial charge in [-0.1, -0.05) is 39.3 Å². The van der Waals surface area contributed by atoms with Crippen LogP contribution in [-0.4, -0.2) is 34.3 Å². The van der Waals surface area contributed by atoms with Gasteiger partial charge in [-0.2, -0.15) is 0 Å². The Morgan fingerprint density at radius 1 is 1.30 bits per heavy atom. The molecule has 0 aliphatic heterocycles. The van der Waals surface area contributed by atoms with Crippen molar-refractivity contribution in [2.24, 2.45) is 34.5 Å². The Balaban J connectivity index is 1.78. The van der Waals surface area contributed by atoms with Gasteiger partial charge in [0.15, 0.2) is 17.2 Å². The number of hydrogen-bond donors (Lipinski definition) is 1. The van der Waals surface area contributed by atoms with Crippen LogP contribution in [0.25, 0.3) is 0 Å². The van der Waals surface area contributed by atoms with Gasteiger partial charge in [0.25, 0.3) is 0 Å². The minimum atomic E-state index is -1.16. The molecule has 30 heavy (non-hydrogen) atoms. The van der Waals surface area contributed by atoms with Gasteiger partial charge in [-0.25, -0.2) is 0 Å². The van der Waals surface area contributed by atoms with Gasteiger partial charge >= 0.3 is 5.97 Å². The summed E-state index contributed by atoms with van der Waals surface area (Å²) in [7, 11) is 0. The highest BCUT2D eigenvalue weighted by atomic mass is 16.6. The lowest BCUT2D eigenvalue weighted by Gasteiger charge is -2.61. The summed E-state index contributed by atoms with van der Waals surface area (Å²) in [5, 5.41) is 11.5. The molecule has 0 aromatic rings. The molecule has 0 aromatic heterocycles. The van der Waals surface area contributed by atoms with E-state index in [4.69, 9.17) is 4.74 Å². The summed E-state index contributed by atoms with van der Waals surface area (Å²) in [6, 6.07) is 0. The van der Waals surface area contributed by atoms with E-state index in [1.807, 2.05) is 13.0 Å². The van der Waals surface area contributed by atoms with Crippen molar-refractivity contribution in [1.82, 2.24) is 0 Å². The maximum atomic E-state index is 12.9. The maximum absolute atomic E-state index is 12.9. The number of Topliss-reactive ketones (excluding diaryl/α,β-unsaturated/α-hetero) is 1. The highest BCUT2D eigenvalue weighted by molar-refractivity contribution is 6.01. The predicted molar refractivity (Wildman–Crippen MR) is 112 cm³/mol. The average molecular weight is 415 g/mol. The third kappa shape index (κ3) is 2.66. The molecule has 4 rings (SSSR count). The molecule has 0 heterocycles. The van der Waals surface area contributed by atoms with E-state index in [9.17, 15) is 19.5 Å². The van der Waals surface area contributed by atoms with Crippen molar-refractivity contribution in [3.05, 3.63) is 23.8 Å². The molecule has 3 saturated carbocycles. The Morgan fingerprint density at radius 2 is 2.00 bits per heavy atom. The number of ether oxygens (including phenoxy) is 1. The summed E-state index contributed by atoms with van der Waals surface area (Å²) >= 11 is 0. The molecular weight excluding hydrogens is 380 g/mol. The smallest absolute Gasteiger partial charge is 0.306 e. The Kier molecular flexibility index (Phi) is 4.92. The number of ketones is 2. The van der Waals surface area contributed by atoms with Crippen molar-refractivity contribution in [2.75, 3.05) is 0 Å². The van der Waals surface area contributed by atoms with E-state index in [0.717, 1.165) is 18.4 Å². The van der Waals surface area contributed by atoms with Gasteiger partial charge in [0.2, 0.25) is 0 Å². The molecule has 8 atom stereocenters. The highest BCUT2D eigenvalue weighted by Crippen LogP contribution is 2.68. The van der Waals surface area contributed by atoms with Crippen molar-refractivity contribution in [2.45, 2.75) is 78.4 Å². The number of esters is 1. The second kappa shape index (κ2) is 6.88. The Hall–Kier alpha value is -1.75. The molecule has 0 saturated heterocycles. The monoisotopic (exact) mass is 414 g/mol. The van der Waals surface area contributed by atoms with Crippen LogP contribution in [0.15, 0.2) is 23.8 Å². The van der Waals surface area contributed by atoms with Crippen LogP contribution in [0.2, 0.25) is 0 Å². The van der Waals surface area contributed by atoms with Gasteiger partial charge in [-0.15, -0.1) is 0 Å². The Labute approximate surface area is 178 Å². The first-order valence-electron chi connectivity index (χ1n) is 11.4. The standard InChI is InChI=1S/C25H34O5/c1-6-21(29)30-25(15(3)26)10-8-18-17-11-14(2)19-12-16(27)7-9-23(19,4)22(17)20(28)13-24(18,25)5/h7,9,12,14,17-18,20,22,28H,6,8,10-11,13H2,1-5H3/t14-,17-,18-,20-,22+,23-,24-,25-/m0/s1. The van der Waals surface area contributed by atoms with E-state index < -0.39 is 17.1 Å². The van der Waals surface area contributed by atoms with E-state index in [1.54, 1.807) is 19.1 Å². The number of fused-ring (bicyclic) bond motifs is 5. The largest absolute Gasteiger partial charge is 0.450 e. The molecule has 0 amide bonds. The van der Waals surface area contributed by atoms with E-state index >= 15 is 0 Å². The topological polar surface area (TPSA) is 80.7 Å². The van der Waals surface area contributed by atoms with Crippen LogP contribution in [0.5, 0.6) is 0 Å². The molecule has 3 fully saturated rings. The first-order chi connectivity index (χ1) is 14.0. The third-order valence-electron chi connectivity index (χ3n) is 9.08. The zero-order chi connectivity index (χ0) is 22.1. The average Bonchev–Trinajstić information content (AvgIpc) is 2.96. The van der Waals surface area contributed by atoms with Crippen LogP contribution in [-0.2, 0) is 19.1 Å². The summed E-state index contributed by atoms with van der Waals surface area (Å²) in [6.45, 7) is 9.62. The lowest BCUT2D eigenvalue weighted by molar-refractivity contribution is -0.198. The second-order valence-corrected chi connectivity index (χ2v) is 10.5. The normalized spacial score (nSPS) is 47.1. The fraction of sp³-hybridized carbons (Fsp3) is 0.720. The van der Waals surface area contributed by atoms with Gasteiger partial charge in [-0.3, -0.25) is 14.4 Å². The quantitative estimate of drug-likeness (QED) is 0.711. The lowest BCUT2D eigenvalue weighted by atomic mass is 9.44. The minimum Gasteiger partial charge on any atom is -0.450 e. The van der Waals surface area contributed by atoms with Crippen molar-refractivity contribution in [3.63, 3.8) is 0 Å². The molecule has 164 valence electrons. The third-order valence-corrected chi connectivity index (χ3v) is 9.08.